The average molecular weight is 364 g/mol. The van der Waals surface area contributed by atoms with Gasteiger partial charge in [0.15, 0.2) is 18.1 Å². The molecule has 5 nitrogen and oxygen atoms in total. The molecule has 0 aliphatic carbocycles. The molecule has 0 fully saturated rings. The Morgan fingerprint density at radius 1 is 1.23 bits per heavy atom. The number of nitrogens with one attached hydrogen (secondary N) is 1. The Labute approximate surface area is 136 Å². The maximum atomic E-state index is 11.9. The number of methoxy groups -OCH3 is 1. The molecule has 6 heteroatoms. The number of carbonyl (C=O) groups excluding carboxylic acids is 2. The van der Waals surface area contributed by atoms with Crippen molar-refractivity contribution < 1.29 is 19.1 Å². The van der Waals surface area contributed by atoms with E-state index in [1.807, 2.05) is 12.1 Å². The molecule has 2 aromatic carbocycles. The van der Waals surface area contributed by atoms with Crippen LogP contribution in [0.1, 0.15) is 10.4 Å². The molecule has 1 N–H and O–H groups in total. The van der Waals surface area contributed by atoms with Gasteiger partial charge in [-0.1, -0.05) is 22.0 Å². The van der Waals surface area contributed by atoms with Crippen molar-refractivity contribution in [3.05, 3.63) is 52.5 Å². The molecule has 22 heavy (non-hydrogen) atoms. The number of benzene rings is 2. The van der Waals surface area contributed by atoms with Crippen molar-refractivity contribution in [2.24, 2.45) is 0 Å². The molecule has 2 aromatic rings. The van der Waals surface area contributed by atoms with Gasteiger partial charge >= 0.3 is 0 Å². The van der Waals surface area contributed by atoms with E-state index in [9.17, 15) is 9.59 Å². The fourth-order valence-corrected chi connectivity index (χ4v) is 2.18. The lowest BCUT2D eigenvalue weighted by Crippen LogP contribution is -2.20. The summed E-state index contributed by atoms with van der Waals surface area (Å²) >= 11 is 3.33. The number of rotatable bonds is 6. The van der Waals surface area contributed by atoms with Gasteiger partial charge < -0.3 is 14.8 Å². The Kier molecular flexibility index (Phi) is 5.55. The van der Waals surface area contributed by atoms with Crippen molar-refractivity contribution in [1.82, 2.24) is 0 Å². The van der Waals surface area contributed by atoms with E-state index in [4.69, 9.17) is 9.47 Å². The summed E-state index contributed by atoms with van der Waals surface area (Å²) in [6, 6.07) is 12.0. The van der Waals surface area contributed by atoms with Crippen LogP contribution in [-0.2, 0) is 4.79 Å². The summed E-state index contributed by atoms with van der Waals surface area (Å²) in [4.78, 5) is 22.6. The van der Waals surface area contributed by atoms with Crippen molar-refractivity contribution in [1.29, 1.82) is 0 Å². The molecule has 2 rings (SSSR count). The first-order valence-electron chi connectivity index (χ1n) is 6.44. The molecular formula is C16H14BrNO4. The van der Waals surface area contributed by atoms with Crippen molar-refractivity contribution >= 4 is 33.8 Å². The number of aldehydes is 1. The normalized spacial score (nSPS) is 9.91. The van der Waals surface area contributed by atoms with E-state index < -0.39 is 0 Å². The van der Waals surface area contributed by atoms with Gasteiger partial charge in [-0.15, -0.1) is 0 Å². The van der Waals surface area contributed by atoms with E-state index in [0.29, 0.717) is 29.0 Å². The largest absolute Gasteiger partial charge is 0.493 e. The van der Waals surface area contributed by atoms with Gasteiger partial charge in [0.1, 0.15) is 6.29 Å². The lowest BCUT2D eigenvalue weighted by Gasteiger charge is -2.11. The Morgan fingerprint density at radius 2 is 2.05 bits per heavy atom. The molecule has 1 amide bonds. The number of hydrogen-bond donors (Lipinski definition) is 1. The van der Waals surface area contributed by atoms with Crippen LogP contribution < -0.4 is 14.8 Å². The molecule has 0 bridgehead atoms. The van der Waals surface area contributed by atoms with Gasteiger partial charge in [0.25, 0.3) is 5.91 Å². The topological polar surface area (TPSA) is 64.6 Å². The van der Waals surface area contributed by atoms with Crippen LogP contribution in [-0.4, -0.2) is 25.9 Å². The van der Waals surface area contributed by atoms with E-state index in [1.54, 1.807) is 30.3 Å². The third-order valence-electron chi connectivity index (χ3n) is 2.79. The summed E-state index contributed by atoms with van der Waals surface area (Å²) in [5.41, 5.74) is 1.15. The smallest absolute Gasteiger partial charge is 0.262 e. The van der Waals surface area contributed by atoms with Gasteiger partial charge in [-0.25, -0.2) is 0 Å². The highest BCUT2D eigenvalue weighted by Gasteiger charge is 2.09. The molecule has 0 unspecified atom stereocenters. The van der Waals surface area contributed by atoms with Crippen LogP contribution in [0.25, 0.3) is 0 Å². The van der Waals surface area contributed by atoms with E-state index in [2.05, 4.69) is 21.2 Å². The van der Waals surface area contributed by atoms with E-state index in [-0.39, 0.29) is 12.5 Å². The number of amides is 1. The Morgan fingerprint density at radius 3 is 2.73 bits per heavy atom. The SMILES string of the molecule is COc1cc(C=O)ccc1OCC(=O)Nc1cccc(Br)c1. The van der Waals surface area contributed by atoms with Crippen LogP contribution in [0.4, 0.5) is 5.69 Å². The van der Waals surface area contributed by atoms with E-state index in [0.717, 1.165) is 4.47 Å². The minimum absolute atomic E-state index is 0.163. The molecule has 0 radical (unpaired) electrons. The van der Waals surface area contributed by atoms with Crippen LogP contribution in [0.3, 0.4) is 0 Å². The molecule has 0 atom stereocenters. The van der Waals surface area contributed by atoms with Crippen LogP contribution >= 0.6 is 15.9 Å². The molecule has 114 valence electrons. The summed E-state index contributed by atoms with van der Waals surface area (Å²) in [5, 5.41) is 2.72. The quantitative estimate of drug-likeness (QED) is 0.799. The zero-order valence-electron chi connectivity index (χ0n) is 11.8. The highest BCUT2D eigenvalue weighted by molar-refractivity contribution is 9.10. The summed E-state index contributed by atoms with van der Waals surface area (Å²) in [7, 11) is 1.47. The maximum Gasteiger partial charge on any atom is 0.262 e. The fraction of sp³-hybridized carbons (Fsp3) is 0.125. The minimum Gasteiger partial charge on any atom is -0.493 e. The Bertz CT molecular complexity index is 688. The standard InChI is InChI=1S/C16H14BrNO4/c1-21-15-7-11(9-19)5-6-14(15)22-10-16(20)18-13-4-2-3-12(17)8-13/h2-9H,10H2,1H3,(H,18,20). The van der Waals surface area contributed by atoms with Crippen LogP contribution in [0, 0.1) is 0 Å². The molecular weight excluding hydrogens is 350 g/mol. The summed E-state index contributed by atoms with van der Waals surface area (Å²) in [5.74, 6) is 0.511. The van der Waals surface area contributed by atoms with Crippen LogP contribution in [0.2, 0.25) is 0 Å². The molecule has 0 aliphatic heterocycles. The number of carbonyl (C=O) groups is 2. The van der Waals surface area contributed by atoms with Gasteiger partial charge in [-0.05, 0) is 36.4 Å². The first-order valence-corrected chi connectivity index (χ1v) is 7.23. The second kappa shape index (κ2) is 7.61. The van der Waals surface area contributed by atoms with Crippen LogP contribution in [0.15, 0.2) is 46.9 Å². The molecule has 0 saturated carbocycles. The van der Waals surface area contributed by atoms with Gasteiger partial charge in [-0.2, -0.15) is 0 Å². The first kappa shape index (κ1) is 16.0. The lowest BCUT2D eigenvalue weighted by atomic mass is 10.2. The Hall–Kier alpha value is -2.34. The van der Waals surface area contributed by atoms with Gasteiger partial charge in [0.05, 0.1) is 7.11 Å². The molecule has 0 heterocycles. The molecule has 0 aliphatic rings. The average Bonchev–Trinajstić information content (AvgIpc) is 2.52. The highest BCUT2D eigenvalue weighted by atomic mass is 79.9. The van der Waals surface area contributed by atoms with Crippen molar-refractivity contribution in [3.8, 4) is 11.5 Å². The summed E-state index contributed by atoms with van der Waals surface area (Å²) < 4.78 is 11.4. The number of anilines is 1. The van der Waals surface area contributed by atoms with Gasteiger partial charge in [0, 0.05) is 15.7 Å². The van der Waals surface area contributed by atoms with Crippen LogP contribution in [0.5, 0.6) is 11.5 Å². The zero-order valence-corrected chi connectivity index (χ0v) is 13.4. The lowest BCUT2D eigenvalue weighted by molar-refractivity contribution is -0.118. The highest BCUT2D eigenvalue weighted by Crippen LogP contribution is 2.27. The summed E-state index contributed by atoms with van der Waals surface area (Å²) in [6.07, 6.45) is 0.715. The van der Waals surface area contributed by atoms with Crippen molar-refractivity contribution in [2.75, 3.05) is 19.0 Å². The van der Waals surface area contributed by atoms with E-state index in [1.165, 1.54) is 7.11 Å². The predicted molar refractivity (Wildman–Crippen MR) is 86.6 cm³/mol. The van der Waals surface area contributed by atoms with E-state index >= 15 is 0 Å². The fourth-order valence-electron chi connectivity index (χ4n) is 1.78. The second-order valence-corrected chi connectivity index (χ2v) is 5.29. The number of hydrogen-bond acceptors (Lipinski definition) is 4. The third kappa shape index (κ3) is 4.33. The second-order valence-electron chi connectivity index (χ2n) is 4.38. The number of ether oxygens (including phenoxy) is 2. The Balaban J connectivity index is 1.97. The van der Waals surface area contributed by atoms with Crippen molar-refractivity contribution in [2.45, 2.75) is 0 Å². The first-order chi connectivity index (χ1) is 10.6. The minimum atomic E-state index is -0.292. The van der Waals surface area contributed by atoms with Crippen molar-refractivity contribution in [3.63, 3.8) is 0 Å². The maximum absolute atomic E-state index is 11.9. The third-order valence-corrected chi connectivity index (χ3v) is 3.28. The summed E-state index contributed by atoms with van der Waals surface area (Å²) in [6.45, 7) is -0.163. The molecule has 0 aromatic heterocycles. The number of halogens is 1. The van der Waals surface area contributed by atoms with Gasteiger partial charge in [-0.3, -0.25) is 9.59 Å². The molecule has 0 spiro atoms. The predicted octanol–water partition coefficient (Wildman–Crippen LogP) is 3.29. The zero-order chi connectivity index (χ0) is 15.9. The molecule has 0 saturated heterocycles. The monoisotopic (exact) mass is 363 g/mol. The van der Waals surface area contributed by atoms with Gasteiger partial charge in [0.2, 0.25) is 0 Å².